The topological polar surface area (TPSA) is 94.6 Å². The second kappa shape index (κ2) is 8.52. The fraction of sp³-hybridized carbons (Fsp3) is 0.364. The number of benzene rings is 1. The van der Waals surface area contributed by atoms with Crippen molar-refractivity contribution in [1.29, 1.82) is 0 Å². The number of nitrogens with one attached hydrogen (secondary N) is 2. The van der Waals surface area contributed by atoms with Crippen molar-refractivity contribution in [3.63, 3.8) is 0 Å². The Kier molecular flexibility index (Phi) is 5.77. The third-order valence-electron chi connectivity index (χ3n) is 5.94. The van der Waals surface area contributed by atoms with Crippen LogP contribution in [0.15, 0.2) is 42.6 Å². The van der Waals surface area contributed by atoms with E-state index in [1.807, 2.05) is 4.90 Å². The molecule has 2 aliphatic rings. The summed E-state index contributed by atoms with van der Waals surface area (Å²) >= 11 is 0. The average molecular weight is 443 g/mol. The van der Waals surface area contributed by atoms with Gasteiger partial charge in [-0.1, -0.05) is 13.0 Å². The van der Waals surface area contributed by atoms with Crippen molar-refractivity contribution < 1.29 is 23.2 Å². The van der Waals surface area contributed by atoms with Crippen LogP contribution in [0.25, 0.3) is 0 Å². The summed E-state index contributed by atoms with van der Waals surface area (Å²) in [5, 5.41) is 4.90. The summed E-state index contributed by atoms with van der Waals surface area (Å²) in [6.07, 6.45) is 1.59. The van der Waals surface area contributed by atoms with Crippen LogP contribution in [0, 0.1) is 17.6 Å². The number of anilines is 1. The summed E-state index contributed by atoms with van der Waals surface area (Å²) in [5.41, 5.74) is -0.490. The standard InChI is InChI=1S/C22H23F2N5O3/c1-14(13-22(18-4-2-3-7-25-18)20(31)26-21(32)27-22)19(30)29-10-8-28(9-11-29)15-5-6-16(23)17(24)12-15/h2-7,12,14H,8-11,13H2,1H3,(H2,26,27,31,32). The zero-order valence-corrected chi connectivity index (χ0v) is 17.5. The number of aromatic nitrogens is 1. The second-order valence-corrected chi connectivity index (χ2v) is 8.04. The first kappa shape index (κ1) is 21.7. The minimum atomic E-state index is -1.42. The SMILES string of the molecule is CC(CC1(c2ccccn2)NC(=O)NC1=O)C(=O)N1CCN(c2ccc(F)c(F)c2)CC1. The van der Waals surface area contributed by atoms with Crippen LogP contribution in [0.1, 0.15) is 19.0 Å². The van der Waals surface area contributed by atoms with E-state index in [2.05, 4.69) is 15.6 Å². The summed E-state index contributed by atoms with van der Waals surface area (Å²) in [5.74, 6) is -3.08. The Balaban J connectivity index is 1.44. The zero-order chi connectivity index (χ0) is 22.9. The molecular formula is C22H23F2N5O3. The maximum absolute atomic E-state index is 13.5. The van der Waals surface area contributed by atoms with Crippen molar-refractivity contribution in [1.82, 2.24) is 20.5 Å². The molecule has 2 saturated heterocycles. The summed E-state index contributed by atoms with van der Waals surface area (Å²) in [6, 6.07) is 8.17. The van der Waals surface area contributed by atoms with Gasteiger partial charge >= 0.3 is 6.03 Å². The Morgan fingerprint density at radius 2 is 1.88 bits per heavy atom. The molecule has 0 saturated carbocycles. The van der Waals surface area contributed by atoms with Crippen LogP contribution in [-0.2, 0) is 15.1 Å². The maximum Gasteiger partial charge on any atom is 0.322 e. The minimum Gasteiger partial charge on any atom is -0.368 e. The highest BCUT2D eigenvalue weighted by Gasteiger charge is 2.50. The van der Waals surface area contributed by atoms with E-state index in [0.717, 1.165) is 12.1 Å². The van der Waals surface area contributed by atoms with Gasteiger partial charge in [0.25, 0.3) is 5.91 Å². The van der Waals surface area contributed by atoms with E-state index in [4.69, 9.17) is 0 Å². The first-order chi connectivity index (χ1) is 15.3. The molecule has 0 spiro atoms. The summed E-state index contributed by atoms with van der Waals surface area (Å²) in [6.45, 7) is 3.44. The van der Waals surface area contributed by atoms with Gasteiger partial charge in [0.05, 0.1) is 5.69 Å². The molecule has 2 aliphatic heterocycles. The van der Waals surface area contributed by atoms with E-state index in [9.17, 15) is 23.2 Å². The fourth-order valence-corrected chi connectivity index (χ4v) is 4.26. The maximum atomic E-state index is 13.5. The molecule has 4 amide bonds. The van der Waals surface area contributed by atoms with Crippen molar-refractivity contribution >= 4 is 23.5 Å². The van der Waals surface area contributed by atoms with Crippen molar-refractivity contribution in [2.24, 2.45) is 5.92 Å². The molecule has 0 bridgehead atoms. The van der Waals surface area contributed by atoms with Gasteiger partial charge in [-0.05, 0) is 30.7 Å². The minimum absolute atomic E-state index is 0.0593. The van der Waals surface area contributed by atoms with Gasteiger partial charge in [0.1, 0.15) is 0 Å². The van der Waals surface area contributed by atoms with Gasteiger partial charge in [0.15, 0.2) is 17.2 Å². The highest BCUT2D eigenvalue weighted by atomic mass is 19.2. The van der Waals surface area contributed by atoms with Gasteiger partial charge in [0, 0.05) is 50.0 Å². The van der Waals surface area contributed by atoms with Crippen molar-refractivity contribution in [3.8, 4) is 0 Å². The Morgan fingerprint density at radius 3 is 2.47 bits per heavy atom. The molecule has 0 radical (unpaired) electrons. The summed E-state index contributed by atoms with van der Waals surface area (Å²) < 4.78 is 26.7. The Morgan fingerprint density at radius 1 is 1.12 bits per heavy atom. The van der Waals surface area contributed by atoms with Crippen molar-refractivity contribution in [3.05, 3.63) is 59.9 Å². The number of amides is 4. The molecule has 2 N–H and O–H groups in total. The molecule has 1 aromatic carbocycles. The fourth-order valence-electron chi connectivity index (χ4n) is 4.26. The van der Waals surface area contributed by atoms with E-state index >= 15 is 0 Å². The first-order valence-electron chi connectivity index (χ1n) is 10.3. The Hall–Kier alpha value is -3.56. The lowest BCUT2D eigenvalue weighted by atomic mass is 9.84. The molecule has 168 valence electrons. The molecular weight excluding hydrogens is 420 g/mol. The normalized spacial score (nSPS) is 21.8. The first-order valence-corrected chi connectivity index (χ1v) is 10.3. The smallest absolute Gasteiger partial charge is 0.322 e. The number of carbonyl (C=O) groups is 3. The predicted molar refractivity (Wildman–Crippen MR) is 112 cm³/mol. The Labute approximate surface area is 183 Å². The van der Waals surface area contributed by atoms with Crippen LogP contribution in [0.5, 0.6) is 0 Å². The van der Waals surface area contributed by atoms with Crippen LogP contribution >= 0.6 is 0 Å². The Bertz CT molecular complexity index is 1040. The number of piperazine rings is 1. The number of hydrogen-bond donors (Lipinski definition) is 2. The lowest BCUT2D eigenvalue weighted by Crippen LogP contribution is -2.52. The molecule has 8 nitrogen and oxygen atoms in total. The lowest BCUT2D eigenvalue weighted by molar-refractivity contribution is -0.136. The molecule has 32 heavy (non-hydrogen) atoms. The second-order valence-electron chi connectivity index (χ2n) is 8.04. The molecule has 10 heteroatoms. The molecule has 1 aromatic heterocycles. The molecule has 3 heterocycles. The van der Waals surface area contributed by atoms with Crippen molar-refractivity contribution in [2.45, 2.75) is 18.9 Å². The van der Waals surface area contributed by atoms with Crippen LogP contribution in [0.2, 0.25) is 0 Å². The van der Waals surface area contributed by atoms with E-state index in [0.29, 0.717) is 37.6 Å². The predicted octanol–water partition coefficient (Wildman–Crippen LogP) is 1.77. The summed E-state index contributed by atoms with van der Waals surface area (Å²) in [7, 11) is 0. The molecule has 0 aliphatic carbocycles. The highest BCUT2D eigenvalue weighted by molar-refractivity contribution is 6.07. The molecule has 2 fully saturated rings. The highest BCUT2D eigenvalue weighted by Crippen LogP contribution is 2.31. The van der Waals surface area contributed by atoms with Gasteiger partial charge in [0.2, 0.25) is 5.91 Å². The number of nitrogens with zero attached hydrogens (tertiary/aromatic N) is 3. The van der Waals surface area contributed by atoms with E-state index in [1.165, 1.54) is 12.3 Å². The number of urea groups is 1. The van der Waals surface area contributed by atoms with Crippen LogP contribution in [-0.4, -0.2) is 53.9 Å². The largest absolute Gasteiger partial charge is 0.368 e. The van der Waals surface area contributed by atoms with Crippen molar-refractivity contribution in [2.75, 3.05) is 31.1 Å². The average Bonchev–Trinajstić information content (AvgIpc) is 3.09. The van der Waals surface area contributed by atoms with E-state index < -0.39 is 35.0 Å². The number of rotatable bonds is 5. The third kappa shape index (κ3) is 4.00. The van der Waals surface area contributed by atoms with E-state index in [1.54, 1.807) is 30.0 Å². The number of imide groups is 1. The molecule has 2 unspecified atom stereocenters. The van der Waals surface area contributed by atoms with Gasteiger partial charge in [-0.25, -0.2) is 13.6 Å². The molecule has 4 rings (SSSR count). The quantitative estimate of drug-likeness (QED) is 0.687. The van der Waals surface area contributed by atoms with Crippen LogP contribution in [0.4, 0.5) is 19.3 Å². The van der Waals surface area contributed by atoms with Crippen LogP contribution in [0.3, 0.4) is 0 Å². The number of pyridine rings is 1. The zero-order valence-electron chi connectivity index (χ0n) is 17.5. The summed E-state index contributed by atoms with van der Waals surface area (Å²) in [4.78, 5) is 45.5. The monoisotopic (exact) mass is 443 g/mol. The third-order valence-corrected chi connectivity index (χ3v) is 5.94. The lowest BCUT2D eigenvalue weighted by Gasteiger charge is -2.38. The van der Waals surface area contributed by atoms with E-state index in [-0.39, 0.29) is 12.3 Å². The molecule has 2 atom stereocenters. The van der Waals surface area contributed by atoms with Gasteiger partial charge in [-0.2, -0.15) is 0 Å². The number of halogens is 2. The molecule has 2 aromatic rings. The van der Waals surface area contributed by atoms with Crippen LogP contribution < -0.4 is 15.5 Å². The number of carbonyl (C=O) groups excluding carboxylic acids is 3. The van der Waals surface area contributed by atoms with Gasteiger partial charge in [-0.3, -0.25) is 19.9 Å². The van der Waals surface area contributed by atoms with Gasteiger partial charge in [-0.15, -0.1) is 0 Å². The van der Waals surface area contributed by atoms with Gasteiger partial charge < -0.3 is 15.1 Å². The number of hydrogen-bond acceptors (Lipinski definition) is 5.